The average molecular weight is 334 g/mol. The van der Waals surface area contributed by atoms with Crippen molar-refractivity contribution in [1.82, 2.24) is 10.2 Å². The van der Waals surface area contributed by atoms with E-state index in [1.54, 1.807) is 4.90 Å². The van der Waals surface area contributed by atoms with Gasteiger partial charge in [-0.15, -0.1) is 0 Å². The van der Waals surface area contributed by atoms with Crippen molar-refractivity contribution in [3.8, 4) is 0 Å². The van der Waals surface area contributed by atoms with Gasteiger partial charge in [0.2, 0.25) is 0 Å². The number of likely N-dealkylation sites (tertiary alicyclic amines) is 1. The molecule has 6 heteroatoms. The molecule has 1 fully saturated rings. The van der Waals surface area contributed by atoms with E-state index >= 15 is 0 Å². The van der Waals surface area contributed by atoms with Gasteiger partial charge in [0.1, 0.15) is 0 Å². The van der Waals surface area contributed by atoms with Crippen molar-refractivity contribution >= 4 is 12.0 Å². The zero-order valence-corrected chi connectivity index (χ0v) is 14.3. The molecule has 6 nitrogen and oxygen atoms in total. The summed E-state index contributed by atoms with van der Waals surface area (Å²) in [5.41, 5.74) is 2.06. The molecule has 132 valence electrons. The number of carboxylic acid groups (broad SMARTS) is 1. The molecule has 24 heavy (non-hydrogen) atoms. The summed E-state index contributed by atoms with van der Waals surface area (Å²) in [4.78, 5) is 25.2. The number of carboxylic acids is 1. The largest absolute Gasteiger partial charge is 0.481 e. The number of piperidine rings is 1. The normalized spacial score (nSPS) is 20.7. The zero-order chi connectivity index (χ0) is 17.5. The summed E-state index contributed by atoms with van der Waals surface area (Å²) in [7, 11) is 0. The highest BCUT2D eigenvalue weighted by molar-refractivity contribution is 5.76. The van der Waals surface area contributed by atoms with Crippen LogP contribution in [0.25, 0.3) is 0 Å². The number of hydrogen-bond acceptors (Lipinski definition) is 3. The SMILES string of the molecule is CCOCc1ccccc1CNC(=O)N1CC(C)CC(C(=O)O)C1. The number of aliphatic carboxylic acids is 1. The van der Waals surface area contributed by atoms with Crippen LogP contribution in [0.5, 0.6) is 0 Å². The summed E-state index contributed by atoms with van der Waals surface area (Å²) < 4.78 is 5.45. The fourth-order valence-corrected chi connectivity index (χ4v) is 3.06. The maximum atomic E-state index is 12.4. The maximum absolute atomic E-state index is 12.4. The van der Waals surface area contributed by atoms with E-state index in [1.807, 2.05) is 38.1 Å². The molecule has 0 radical (unpaired) electrons. The number of carbonyl (C=O) groups is 2. The maximum Gasteiger partial charge on any atom is 0.317 e. The van der Waals surface area contributed by atoms with Gasteiger partial charge in [-0.2, -0.15) is 0 Å². The first-order valence-electron chi connectivity index (χ1n) is 8.41. The van der Waals surface area contributed by atoms with Crippen molar-refractivity contribution in [2.75, 3.05) is 19.7 Å². The Kier molecular flexibility index (Phi) is 6.61. The first-order valence-corrected chi connectivity index (χ1v) is 8.41. The second-order valence-electron chi connectivity index (χ2n) is 6.35. The lowest BCUT2D eigenvalue weighted by Crippen LogP contribution is -2.49. The number of hydrogen-bond donors (Lipinski definition) is 2. The summed E-state index contributed by atoms with van der Waals surface area (Å²) >= 11 is 0. The second-order valence-corrected chi connectivity index (χ2v) is 6.35. The van der Waals surface area contributed by atoms with Gasteiger partial charge < -0.3 is 20.1 Å². The molecule has 1 aromatic carbocycles. The number of nitrogens with zero attached hydrogens (tertiary/aromatic N) is 1. The summed E-state index contributed by atoms with van der Waals surface area (Å²) in [6.45, 7) is 6.36. The Hall–Kier alpha value is -2.08. The van der Waals surface area contributed by atoms with Gasteiger partial charge in [0.15, 0.2) is 0 Å². The monoisotopic (exact) mass is 334 g/mol. The first kappa shape index (κ1) is 18.3. The Bertz CT molecular complexity index is 576. The smallest absolute Gasteiger partial charge is 0.317 e. The summed E-state index contributed by atoms with van der Waals surface area (Å²) in [6.07, 6.45) is 0.621. The molecular formula is C18H26N2O4. The molecule has 2 atom stereocenters. The minimum atomic E-state index is -0.832. The van der Waals surface area contributed by atoms with Crippen molar-refractivity contribution < 1.29 is 19.4 Å². The van der Waals surface area contributed by atoms with Gasteiger partial charge >= 0.3 is 12.0 Å². The molecule has 2 rings (SSSR count). The molecule has 0 saturated carbocycles. The van der Waals surface area contributed by atoms with Crippen LogP contribution in [0, 0.1) is 11.8 Å². The number of carbonyl (C=O) groups excluding carboxylic acids is 1. The van der Waals surface area contributed by atoms with Crippen LogP contribution in [-0.4, -0.2) is 41.7 Å². The number of benzene rings is 1. The van der Waals surface area contributed by atoms with Crippen LogP contribution in [0.2, 0.25) is 0 Å². The van der Waals surface area contributed by atoms with E-state index < -0.39 is 11.9 Å². The molecule has 0 aliphatic carbocycles. The molecular weight excluding hydrogens is 308 g/mol. The minimum Gasteiger partial charge on any atom is -0.481 e. The Labute approximate surface area is 142 Å². The molecule has 1 aliphatic heterocycles. The van der Waals surface area contributed by atoms with Crippen LogP contribution in [-0.2, 0) is 22.7 Å². The third-order valence-corrected chi connectivity index (χ3v) is 4.31. The molecule has 0 spiro atoms. The molecule has 1 heterocycles. The van der Waals surface area contributed by atoms with Crippen molar-refractivity contribution in [3.05, 3.63) is 35.4 Å². The fraction of sp³-hybridized carbons (Fsp3) is 0.556. The lowest BCUT2D eigenvalue weighted by atomic mass is 9.91. The van der Waals surface area contributed by atoms with Gasteiger partial charge in [-0.25, -0.2) is 4.79 Å². The van der Waals surface area contributed by atoms with Gasteiger partial charge in [0.05, 0.1) is 12.5 Å². The summed E-state index contributed by atoms with van der Waals surface area (Å²) in [5, 5.41) is 12.1. The van der Waals surface area contributed by atoms with Crippen LogP contribution >= 0.6 is 0 Å². The molecule has 2 amide bonds. The van der Waals surface area contributed by atoms with E-state index in [-0.39, 0.29) is 18.5 Å². The quantitative estimate of drug-likeness (QED) is 0.838. The Morgan fingerprint density at radius 3 is 2.67 bits per heavy atom. The predicted molar refractivity (Wildman–Crippen MR) is 90.5 cm³/mol. The topological polar surface area (TPSA) is 78.9 Å². The van der Waals surface area contributed by atoms with Crippen LogP contribution < -0.4 is 5.32 Å². The first-order chi connectivity index (χ1) is 11.5. The lowest BCUT2D eigenvalue weighted by molar-refractivity contribution is -0.143. The Morgan fingerprint density at radius 1 is 1.29 bits per heavy atom. The van der Waals surface area contributed by atoms with Gasteiger partial charge in [-0.3, -0.25) is 4.79 Å². The number of nitrogens with one attached hydrogen (secondary N) is 1. The van der Waals surface area contributed by atoms with Crippen molar-refractivity contribution in [2.45, 2.75) is 33.4 Å². The van der Waals surface area contributed by atoms with Crippen LogP contribution in [0.15, 0.2) is 24.3 Å². The van der Waals surface area contributed by atoms with E-state index in [0.717, 1.165) is 11.1 Å². The minimum absolute atomic E-state index is 0.191. The zero-order valence-electron chi connectivity index (χ0n) is 14.3. The van der Waals surface area contributed by atoms with E-state index in [2.05, 4.69) is 5.32 Å². The molecule has 2 N–H and O–H groups in total. The van der Waals surface area contributed by atoms with Gasteiger partial charge in [0.25, 0.3) is 0 Å². The van der Waals surface area contributed by atoms with Crippen molar-refractivity contribution in [2.24, 2.45) is 11.8 Å². The van der Waals surface area contributed by atoms with E-state index in [0.29, 0.717) is 32.7 Å². The molecule has 1 saturated heterocycles. The van der Waals surface area contributed by atoms with Gasteiger partial charge in [0, 0.05) is 26.2 Å². The average Bonchev–Trinajstić information content (AvgIpc) is 2.57. The Morgan fingerprint density at radius 2 is 2.00 bits per heavy atom. The van der Waals surface area contributed by atoms with Gasteiger partial charge in [-0.05, 0) is 30.4 Å². The van der Waals surface area contributed by atoms with E-state index in [9.17, 15) is 14.7 Å². The van der Waals surface area contributed by atoms with Crippen molar-refractivity contribution in [3.63, 3.8) is 0 Å². The number of rotatable bonds is 6. The highest BCUT2D eigenvalue weighted by atomic mass is 16.5. The van der Waals surface area contributed by atoms with Crippen LogP contribution in [0.1, 0.15) is 31.4 Å². The summed E-state index contributed by atoms with van der Waals surface area (Å²) in [5.74, 6) is -1.12. The molecule has 0 aromatic heterocycles. The van der Waals surface area contributed by atoms with Gasteiger partial charge in [-0.1, -0.05) is 31.2 Å². The standard InChI is InChI=1S/C18H26N2O4/c1-3-24-12-15-7-5-4-6-14(15)9-19-18(23)20-10-13(2)8-16(11-20)17(21)22/h4-7,13,16H,3,8-12H2,1-2H3,(H,19,23)(H,21,22). The molecule has 1 aliphatic rings. The predicted octanol–water partition coefficient (Wildman–Crippen LogP) is 2.48. The molecule has 2 unspecified atom stereocenters. The fourth-order valence-electron chi connectivity index (χ4n) is 3.06. The lowest BCUT2D eigenvalue weighted by Gasteiger charge is -2.34. The number of amides is 2. The highest BCUT2D eigenvalue weighted by Gasteiger charge is 2.31. The van der Waals surface area contributed by atoms with Crippen molar-refractivity contribution in [1.29, 1.82) is 0 Å². The second kappa shape index (κ2) is 8.68. The molecule has 1 aromatic rings. The third-order valence-electron chi connectivity index (χ3n) is 4.31. The Balaban J connectivity index is 1.94. The molecule has 0 bridgehead atoms. The number of ether oxygens (including phenoxy) is 1. The third kappa shape index (κ3) is 4.96. The van der Waals surface area contributed by atoms with Crippen LogP contribution in [0.3, 0.4) is 0 Å². The van der Waals surface area contributed by atoms with E-state index in [1.165, 1.54) is 0 Å². The summed E-state index contributed by atoms with van der Waals surface area (Å²) in [6, 6.07) is 7.62. The van der Waals surface area contributed by atoms with E-state index in [4.69, 9.17) is 4.74 Å². The van der Waals surface area contributed by atoms with Crippen LogP contribution in [0.4, 0.5) is 4.79 Å². The number of urea groups is 1. The highest BCUT2D eigenvalue weighted by Crippen LogP contribution is 2.22.